The number of carbonyl (C=O) groups excluding carboxylic acids is 2. The summed E-state index contributed by atoms with van der Waals surface area (Å²) in [5, 5.41) is 14.1. The van der Waals surface area contributed by atoms with Crippen LogP contribution in [0.1, 0.15) is 18.9 Å². The number of carboxylic acids is 1. The fraction of sp³-hybridized carbons (Fsp3) is 0.400. The third kappa shape index (κ3) is 3.23. The van der Waals surface area contributed by atoms with E-state index in [0.717, 1.165) is 11.4 Å². The highest BCUT2D eigenvalue weighted by atomic mass is 79.9. The van der Waals surface area contributed by atoms with E-state index in [9.17, 15) is 14.4 Å². The van der Waals surface area contributed by atoms with Gasteiger partial charge in [-0.2, -0.15) is 10.1 Å². The Labute approximate surface area is 175 Å². The number of methoxy groups -OCH3 is 1. The number of hydrazone groups is 1. The highest BCUT2D eigenvalue weighted by molar-refractivity contribution is 9.10. The van der Waals surface area contributed by atoms with E-state index in [-0.39, 0.29) is 41.2 Å². The molecule has 1 heterocycles. The van der Waals surface area contributed by atoms with Crippen LogP contribution in [-0.2, 0) is 14.4 Å². The quantitative estimate of drug-likeness (QED) is 0.395. The minimum Gasteiger partial charge on any atom is -0.493 e. The van der Waals surface area contributed by atoms with E-state index in [1.165, 1.54) is 20.2 Å². The number of amides is 2. The molecule has 2 amide bonds. The molecule has 3 aliphatic rings. The zero-order chi connectivity index (χ0) is 20.9. The van der Waals surface area contributed by atoms with Crippen molar-refractivity contribution >= 4 is 39.9 Å². The van der Waals surface area contributed by atoms with Gasteiger partial charge < -0.3 is 14.6 Å². The van der Waals surface area contributed by atoms with Gasteiger partial charge >= 0.3 is 5.97 Å². The lowest BCUT2D eigenvalue weighted by Gasteiger charge is -2.15. The van der Waals surface area contributed by atoms with Gasteiger partial charge in [-0.15, -0.1) is 0 Å². The van der Waals surface area contributed by atoms with Crippen LogP contribution in [0.3, 0.4) is 0 Å². The molecule has 0 spiro atoms. The molecule has 29 heavy (non-hydrogen) atoms. The number of allylic oxidation sites excluding steroid dienone is 2. The van der Waals surface area contributed by atoms with Gasteiger partial charge in [0.25, 0.3) is 11.8 Å². The molecule has 152 valence electrons. The van der Waals surface area contributed by atoms with Crippen molar-refractivity contribution in [1.82, 2.24) is 5.01 Å². The van der Waals surface area contributed by atoms with Crippen LogP contribution < -0.4 is 9.47 Å². The number of hydrogen-bond donors (Lipinski definition) is 1. The van der Waals surface area contributed by atoms with E-state index in [1.807, 2.05) is 12.2 Å². The van der Waals surface area contributed by atoms with Crippen molar-refractivity contribution in [2.75, 3.05) is 7.11 Å². The zero-order valence-corrected chi connectivity index (χ0v) is 17.3. The largest absolute Gasteiger partial charge is 0.493 e. The lowest BCUT2D eigenvalue weighted by atomic mass is 9.85. The predicted molar refractivity (Wildman–Crippen MR) is 106 cm³/mol. The Balaban J connectivity index is 1.57. The molecule has 1 N–H and O–H groups in total. The summed E-state index contributed by atoms with van der Waals surface area (Å²) < 4.78 is 11.2. The van der Waals surface area contributed by atoms with Crippen LogP contribution in [0.25, 0.3) is 0 Å². The number of hydrogen-bond acceptors (Lipinski definition) is 6. The Morgan fingerprint density at radius 1 is 1.24 bits per heavy atom. The van der Waals surface area contributed by atoms with Gasteiger partial charge in [-0.05, 0) is 53.2 Å². The molecule has 1 aliphatic heterocycles. The standard InChI is InChI=1S/C20H19BrN2O6/c1-9(20(26)27)29-15-7-13(21)12(6-14(15)28-2)8-22-23-18(24)16-10-3-4-11(5-10)17(16)19(23)25/h3-4,6-11,16-17H,5H2,1-2H3,(H,26,27)/t9-,10+,11+,16-,17+/m1/s1. The molecule has 0 unspecified atom stereocenters. The molecular formula is C20H19BrN2O6. The van der Waals surface area contributed by atoms with E-state index >= 15 is 0 Å². The number of fused-ring (bicyclic) bond motifs is 5. The smallest absolute Gasteiger partial charge is 0.344 e. The molecular weight excluding hydrogens is 444 g/mol. The summed E-state index contributed by atoms with van der Waals surface area (Å²) in [4.78, 5) is 36.4. The average molecular weight is 463 g/mol. The minimum absolute atomic E-state index is 0.126. The van der Waals surface area contributed by atoms with Gasteiger partial charge in [-0.25, -0.2) is 4.79 Å². The Bertz CT molecular complexity index is 929. The van der Waals surface area contributed by atoms with E-state index in [0.29, 0.717) is 15.8 Å². The maximum atomic E-state index is 12.7. The molecule has 9 heteroatoms. The number of benzene rings is 1. The molecule has 2 aliphatic carbocycles. The van der Waals surface area contributed by atoms with Crippen molar-refractivity contribution in [2.24, 2.45) is 28.8 Å². The SMILES string of the molecule is COc1cc(C=NN2C(=O)[C@@H]3[C@H](C2=O)[C@H]2C=C[C@H]3C2)c(Br)cc1O[C@H](C)C(=O)O. The second-order valence-corrected chi connectivity index (χ2v) is 8.21. The van der Waals surface area contributed by atoms with Crippen LogP contribution in [0.4, 0.5) is 0 Å². The molecule has 5 atom stereocenters. The van der Waals surface area contributed by atoms with Gasteiger partial charge in [0.05, 0.1) is 25.2 Å². The predicted octanol–water partition coefficient (Wildman–Crippen LogP) is 2.45. The third-order valence-corrected chi connectivity index (χ3v) is 6.38. The molecule has 1 saturated heterocycles. The second-order valence-electron chi connectivity index (χ2n) is 7.36. The second kappa shape index (κ2) is 7.29. The Morgan fingerprint density at radius 2 is 1.86 bits per heavy atom. The summed E-state index contributed by atoms with van der Waals surface area (Å²) in [6.45, 7) is 1.41. The first-order valence-corrected chi connectivity index (χ1v) is 9.98. The zero-order valence-electron chi connectivity index (χ0n) is 15.7. The average Bonchev–Trinajstić information content (AvgIpc) is 3.36. The van der Waals surface area contributed by atoms with Crippen LogP contribution in [0, 0.1) is 23.7 Å². The summed E-state index contributed by atoms with van der Waals surface area (Å²) >= 11 is 3.38. The van der Waals surface area contributed by atoms with Crippen molar-refractivity contribution in [1.29, 1.82) is 0 Å². The number of nitrogens with zero attached hydrogens (tertiary/aromatic N) is 2. The number of halogens is 1. The van der Waals surface area contributed by atoms with Crippen LogP contribution in [0.2, 0.25) is 0 Å². The van der Waals surface area contributed by atoms with Crippen molar-refractivity contribution in [3.05, 3.63) is 34.3 Å². The Morgan fingerprint density at radius 3 is 2.41 bits per heavy atom. The van der Waals surface area contributed by atoms with Crippen molar-refractivity contribution in [2.45, 2.75) is 19.4 Å². The van der Waals surface area contributed by atoms with Gasteiger partial charge in [0, 0.05) is 10.0 Å². The molecule has 8 nitrogen and oxygen atoms in total. The Hall–Kier alpha value is -2.68. The monoisotopic (exact) mass is 462 g/mol. The number of aliphatic carboxylic acids is 1. The first-order chi connectivity index (χ1) is 13.8. The molecule has 1 aromatic carbocycles. The van der Waals surface area contributed by atoms with Crippen LogP contribution >= 0.6 is 15.9 Å². The van der Waals surface area contributed by atoms with E-state index in [4.69, 9.17) is 14.6 Å². The Kier molecular flexibility index (Phi) is 4.94. The minimum atomic E-state index is -1.10. The first-order valence-electron chi connectivity index (χ1n) is 9.19. The fourth-order valence-electron chi connectivity index (χ4n) is 4.26. The molecule has 4 rings (SSSR count). The number of carbonyl (C=O) groups is 3. The van der Waals surface area contributed by atoms with Crippen LogP contribution in [-0.4, -0.2) is 47.3 Å². The van der Waals surface area contributed by atoms with Gasteiger partial charge in [0.1, 0.15) is 0 Å². The van der Waals surface area contributed by atoms with Crippen molar-refractivity contribution in [3.63, 3.8) is 0 Å². The maximum absolute atomic E-state index is 12.7. The lowest BCUT2D eigenvalue weighted by molar-refractivity contribution is -0.144. The van der Waals surface area contributed by atoms with Crippen LogP contribution in [0.5, 0.6) is 11.5 Å². The molecule has 0 radical (unpaired) electrons. The molecule has 0 aromatic heterocycles. The molecule has 2 bridgehead atoms. The van der Waals surface area contributed by atoms with E-state index < -0.39 is 12.1 Å². The fourth-order valence-corrected chi connectivity index (χ4v) is 4.69. The maximum Gasteiger partial charge on any atom is 0.344 e. The normalized spacial score (nSPS) is 28.3. The third-order valence-electron chi connectivity index (χ3n) is 5.69. The number of ether oxygens (including phenoxy) is 2. The number of imide groups is 1. The number of rotatable bonds is 6. The lowest BCUT2D eigenvalue weighted by Crippen LogP contribution is -2.28. The molecule has 1 saturated carbocycles. The van der Waals surface area contributed by atoms with Crippen molar-refractivity contribution < 1.29 is 29.0 Å². The summed E-state index contributed by atoms with van der Waals surface area (Å²) in [6.07, 6.45) is 5.27. The van der Waals surface area contributed by atoms with Gasteiger partial charge in [0.15, 0.2) is 17.6 Å². The molecule has 1 aromatic rings. The number of carboxylic acid groups (broad SMARTS) is 1. The highest BCUT2D eigenvalue weighted by Gasteiger charge is 2.59. The summed E-state index contributed by atoms with van der Waals surface area (Å²) in [5.41, 5.74) is 0.552. The van der Waals surface area contributed by atoms with E-state index in [2.05, 4.69) is 21.0 Å². The van der Waals surface area contributed by atoms with Crippen molar-refractivity contribution in [3.8, 4) is 11.5 Å². The first kappa shape index (κ1) is 19.6. The van der Waals surface area contributed by atoms with Crippen LogP contribution in [0.15, 0.2) is 33.9 Å². The summed E-state index contributed by atoms with van der Waals surface area (Å²) in [5.74, 6) is -1.42. The molecule has 2 fully saturated rings. The van der Waals surface area contributed by atoms with E-state index in [1.54, 1.807) is 12.1 Å². The van der Waals surface area contributed by atoms with Gasteiger partial charge in [-0.1, -0.05) is 12.2 Å². The topological polar surface area (TPSA) is 106 Å². The highest BCUT2D eigenvalue weighted by Crippen LogP contribution is 2.52. The summed E-state index contributed by atoms with van der Waals surface area (Å²) in [7, 11) is 1.43. The van der Waals surface area contributed by atoms with Gasteiger partial charge in [0.2, 0.25) is 0 Å². The van der Waals surface area contributed by atoms with Gasteiger partial charge in [-0.3, -0.25) is 9.59 Å². The summed E-state index contributed by atoms with van der Waals surface area (Å²) in [6, 6.07) is 3.15.